The first-order chi connectivity index (χ1) is 15.3. The Labute approximate surface area is 187 Å². The minimum atomic E-state index is -0.519. The molecule has 10 nitrogen and oxygen atoms in total. The van der Waals surface area contributed by atoms with Crippen LogP contribution in [-0.4, -0.2) is 83.4 Å². The van der Waals surface area contributed by atoms with Crippen molar-refractivity contribution >= 4 is 11.9 Å². The number of amides is 3. The number of aromatic amines is 1. The summed E-state index contributed by atoms with van der Waals surface area (Å²) in [5.74, 6) is 2.35. The van der Waals surface area contributed by atoms with E-state index in [4.69, 9.17) is 9.47 Å². The Bertz CT molecular complexity index is 1020. The van der Waals surface area contributed by atoms with Crippen molar-refractivity contribution in [2.75, 3.05) is 40.4 Å². The minimum absolute atomic E-state index is 0.0313. The summed E-state index contributed by atoms with van der Waals surface area (Å²) in [4.78, 5) is 34.4. The number of hydrogen-bond acceptors (Lipinski definition) is 6. The van der Waals surface area contributed by atoms with Crippen molar-refractivity contribution in [2.45, 2.75) is 32.2 Å². The second-order valence-electron chi connectivity index (χ2n) is 8.83. The molecule has 1 aromatic carbocycles. The molecule has 0 aliphatic carbocycles. The largest absolute Gasteiger partial charge is 0.497 e. The second-order valence-corrected chi connectivity index (χ2v) is 8.83. The number of nitrogens with one attached hydrogen (secondary N) is 2. The Morgan fingerprint density at radius 1 is 1.19 bits per heavy atom. The van der Waals surface area contributed by atoms with E-state index in [0.717, 1.165) is 0 Å². The fraction of sp³-hybridized carbons (Fsp3) is 0.545. The molecule has 172 valence electrons. The summed E-state index contributed by atoms with van der Waals surface area (Å²) in [6.45, 7) is 7.65. The molecule has 2 aromatic rings. The molecule has 2 fully saturated rings. The van der Waals surface area contributed by atoms with Gasteiger partial charge in [0, 0.05) is 44.2 Å². The highest BCUT2D eigenvalue weighted by molar-refractivity contribution is 5.97. The number of rotatable bonds is 5. The van der Waals surface area contributed by atoms with Crippen LogP contribution in [0.15, 0.2) is 18.2 Å². The SMILES string of the molecule is COc1ccc(C(=O)N2C[C@@H]3CN(C(=O)NC(C)C)C[C@]3(c3n[nH]c(C)n3)C2)c(OC)c1. The summed E-state index contributed by atoms with van der Waals surface area (Å²) in [7, 11) is 3.11. The van der Waals surface area contributed by atoms with E-state index in [0.29, 0.717) is 54.9 Å². The number of carbonyl (C=O) groups excluding carboxylic acids is 2. The van der Waals surface area contributed by atoms with Crippen molar-refractivity contribution in [3.05, 3.63) is 35.4 Å². The minimum Gasteiger partial charge on any atom is -0.497 e. The maximum Gasteiger partial charge on any atom is 0.317 e. The van der Waals surface area contributed by atoms with Crippen molar-refractivity contribution in [3.8, 4) is 11.5 Å². The van der Waals surface area contributed by atoms with Gasteiger partial charge in [0.25, 0.3) is 5.91 Å². The van der Waals surface area contributed by atoms with E-state index in [1.54, 1.807) is 25.3 Å². The number of likely N-dealkylation sites (tertiary alicyclic amines) is 2. The molecule has 0 spiro atoms. The lowest BCUT2D eigenvalue weighted by atomic mass is 9.80. The van der Waals surface area contributed by atoms with Crippen LogP contribution in [0, 0.1) is 12.8 Å². The van der Waals surface area contributed by atoms with Crippen LogP contribution in [-0.2, 0) is 5.41 Å². The van der Waals surface area contributed by atoms with Crippen LogP contribution in [0.4, 0.5) is 4.79 Å². The molecule has 2 aliphatic rings. The third kappa shape index (κ3) is 3.74. The van der Waals surface area contributed by atoms with Gasteiger partial charge < -0.3 is 24.6 Å². The predicted octanol–water partition coefficient (Wildman–Crippen LogP) is 1.57. The summed E-state index contributed by atoms with van der Waals surface area (Å²) in [6, 6.07) is 5.12. The average molecular weight is 443 g/mol. The van der Waals surface area contributed by atoms with E-state index in [1.807, 2.05) is 30.6 Å². The van der Waals surface area contributed by atoms with E-state index in [9.17, 15) is 9.59 Å². The van der Waals surface area contributed by atoms with Crippen molar-refractivity contribution in [1.82, 2.24) is 30.3 Å². The maximum absolute atomic E-state index is 13.5. The molecule has 2 aliphatic heterocycles. The highest BCUT2D eigenvalue weighted by Crippen LogP contribution is 2.44. The van der Waals surface area contributed by atoms with Gasteiger partial charge >= 0.3 is 6.03 Å². The van der Waals surface area contributed by atoms with Crippen molar-refractivity contribution < 1.29 is 19.1 Å². The van der Waals surface area contributed by atoms with Gasteiger partial charge in [-0.25, -0.2) is 9.78 Å². The zero-order valence-corrected chi connectivity index (χ0v) is 19.1. The lowest BCUT2D eigenvalue weighted by molar-refractivity contribution is 0.0769. The first kappa shape index (κ1) is 21.9. The van der Waals surface area contributed by atoms with Gasteiger partial charge in [0.1, 0.15) is 17.3 Å². The van der Waals surface area contributed by atoms with Crippen LogP contribution in [0.1, 0.15) is 35.9 Å². The monoisotopic (exact) mass is 442 g/mol. The number of urea groups is 1. The lowest BCUT2D eigenvalue weighted by Gasteiger charge is -2.27. The Balaban J connectivity index is 1.62. The van der Waals surface area contributed by atoms with E-state index in [2.05, 4.69) is 20.5 Å². The van der Waals surface area contributed by atoms with E-state index >= 15 is 0 Å². The zero-order valence-electron chi connectivity index (χ0n) is 19.1. The standard InChI is InChI=1S/C22H30N6O4/c1-13(2)23-21(30)28-10-15-9-27(11-22(15,12-28)20-24-14(3)25-26-20)19(29)17-7-6-16(31-4)8-18(17)32-5/h6-8,13,15H,9-12H2,1-5H3,(H,23,30)(H,24,25,26)/t15-,22-/m1/s1. The van der Waals surface area contributed by atoms with Gasteiger partial charge in [-0.3, -0.25) is 9.89 Å². The molecule has 4 rings (SSSR count). The van der Waals surface area contributed by atoms with Gasteiger partial charge in [-0.1, -0.05) is 0 Å². The molecule has 3 heterocycles. The smallest absolute Gasteiger partial charge is 0.317 e. The van der Waals surface area contributed by atoms with Gasteiger partial charge in [-0.2, -0.15) is 5.10 Å². The molecule has 1 aromatic heterocycles. The van der Waals surface area contributed by atoms with Gasteiger partial charge in [-0.05, 0) is 32.9 Å². The van der Waals surface area contributed by atoms with Crippen LogP contribution in [0.2, 0.25) is 0 Å². The van der Waals surface area contributed by atoms with Crippen LogP contribution in [0.3, 0.4) is 0 Å². The second kappa shape index (κ2) is 8.33. The highest BCUT2D eigenvalue weighted by atomic mass is 16.5. The van der Waals surface area contributed by atoms with Crippen molar-refractivity contribution in [1.29, 1.82) is 0 Å². The van der Waals surface area contributed by atoms with Crippen LogP contribution < -0.4 is 14.8 Å². The van der Waals surface area contributed by atoms with Gasteiger partial charge in [0.05, 0.1) is 25.2 Å². The Morgan fingerprint density at radius 3 is 2.53 bits per heavy atom. The number of benzene rings is 1. The number of hydrogen-bond donors (Lipinski definition) is 2. The number of nitrogens with zero attached hydrogens (tertiary/aromatic N) is 4. The summed E-state index contributed by atoms with van der Waals surface area (Å²) >= 11 is 0. The highest BCUT2D eigenvalue weighted by Gasteiger charge is 2.58. The molecule has 0 saturated carbocycles. The molecule has 2 saturated heterocycles. The summed E-state index contributed by atoms with van der Waals surface area (Å²) in [5.41, 5.74) is -0.0435. The van der Waals surface area contributed by atoms with Crippen LogP contribution in [0.25, 0.3) is 0 Å². The average Bonchev–Trinajstić information content (AvgIpc) is 3.44. The fourth-order valence-corrected chi connectivity index (χ4v) is 4.74. The molecule has 3 amide bonds. The molecule has 32 heavy (non-hydrogen) atoms. The summed E-state index contributed by atoms with van der Waals surface area (Å²) in [6.07, 6.45) is 0. The Morgan fingerprint density at radius 2 is 1.91 bits per heavy atom. The third-order valence-electron chi connectivity index (χ3n) is 6.28. The number of methoxy groups -OCH3 is 2. The van der Waals surface area contributed by atoms with E-state index < -0.39 is 5.41 Å². The summed E-state index contributed by atoms with van der Waals surface area (Å²) in [5, 5.41) is 10.3. The Kier molecular flexibility index (Phi) is 5.70. The van der Waals surface area contributed by atoms with Crippen LogP contribution in [0.5, 0.6) is 11.5 Å². The molecular weight excluding hydrogens is 412 g/mol. The topological polar surface area (TPSA) is 113 Å². The number of ether oxygens (including phenoxy) is 2. The molecule has 0 bridgehead atoms. The number of H-pyrrole nitrogens is 1. The number of carbonyl (C=O) groups is 2. The summed E-state index contributed by atoms with van der Waals surface area (Å²) < 4.78 is 10.7. The van der Waals surface area contributed by atoms with Crippen LogP contribution >= 0.6 is 0 Å². The van der Waals surface area contributed by atoms with Crippen molar-refractivity contribution in [2.24, 2.45) is 5.92 Å². The zero-order chi connectivity index (χ0) is 23.0. The molecular formula is C22H30N6O4. The first-order valence-electron chi connectivity index (χ1n) is 10.7. The normalized spacial score (nSPS) is 22.2. The number of aryl methyl sites for hydroxylation is 1. The molecule has 2 N–H and O–H groups in total. The number of fused-ring (bicyclic) bond motifs is 1. The van der Waals surface area contributed by atoms with Gasteiger partial charge in [-0.15, -0.1) is 0 Å². The first-order valence-corrected chi connectivity index (χ1v) is 10.7. The van der Waals surface area contributed by atoms with E-state index in [1.165, 1.54) is 7.11 Å². The fourth-order valence-electron chi connectivity index (χ4n) is 4.74. The van der Waals surface area contributed by atoms with Gasteiger partial charge in [0.2, 0.25) is 0 Å². The third-order valence-corrected chi connectivity index (χ3v) is 6.28. The Hall–Kier alpha value is -3.30. The van der Waals surface area contributed by atoms with Gasteiger partial charge in [0.15, 0.2) is 5.82 Å². The van der Waals surface area contributed by atoms with E-state index in [-0.39, 0.29) is 23.9 Å². The molecule has 0 unspecified atom stereocenters. The number of aromatic nitrogens is 3. The molecule has 10 heteroatoms. The quantitative estimate of drug-likeness (QED) is 0.727. The maximum atomic E-state index is 13.5. The lowest BCUT2D eigenvalue weighted by Crippen LogP contribution is -2.46. The molecule has 2 atom stereocenters. The van der Waals surface area contributed by atoms with Crippen molar-refractivity contribution in [3.63, 3.8) is 0 Å². The predicted molar refractivity (Wildman–Crippen MR) is 117 cm³/mol. The molecule has 0 radical (unpaired) electrons.